The minimum atomic E-state index is -1.35. The van der Waals surface area contributed by atoms with Crippen molar-refractivity contribution in [3.63, 3.8) is 0 Å². The smallest absolute Gasteiger partial charge is 0.0840 e. The van der Waals surface area contributed by atoms with Crippen molar-refractivity contribution in [3.8, 4) is 0 Å². The van der Waals surface area contributed by atoms with E-state index in [-0.39, 0.29) is 5.04 Å². The predicted octanol–water partition coefficient (Wildman–Crippen LogP) is 6.07. The third-order valence-corrected chi connectivity index (χ3v) is 11.6. The molecule has 1 aromatic rings. The van der Waals surface area contributed by atoms with E-state index in [1.165, 1.54) is 28.7 Å². The maximum Gasteiger partial charge on any atom is 0.0924 e. The molecular weight excluding hydrogens is 316 g/mol. The average Bonchev–Trinajstić information content (AvgIpc) is 2.75. The van der Waals surface area contributed by atoms with Crippen LogP contribution < -0.4 is 5.19 Å². The zero-order chi connectivity index (χ0) is 18.4. The molecule has 2 atom stereocenters. The van der Waals surface area contributed by atoms with Gasteiger partial charge in [0, 0.05) is 0 Å². The molecule has 132 valence electrons. The van der Waals surface area contributed by atoms with E-state index in [2.05, 4.69) is 91.0 Å². The molecule has 0 bridgehead atoms. The monoisotopic (exact) mass is 348 g/mol. The second-order valence-corrected chi connectivity index (χ2v) is 12.0. The maximum atomic E-state index is 2.51. The Morgan fingerprint density at radius 2 is 1.56 bits per heavy atom. The number of rotatable bonds is 3. The molecule has 25 heavy (non-hydrogen) atoms. The second-order valence-electron chi connectivity index (χ2n) is 8.43. The Balaban J connectivity index is 2.21. The fraction of sp³-hybridized carbons (Fsp3) is 0.417. The highest BCUT2D eigenvalue weighted by atomic mass is 28.3. The molecule has 0 saturated heterocycles. The van der Waals surface area contributed by atoms with E-state index in [1.54, 1.807) is 16.3 Å². The highest BCUT2D eigenvalue weighted by Gasteiger charge is 2.44. The van der Waals surface area contributed by atoms with Crippen LogP contribution >= 0.6 is 0 Å². The molecule has 0 aliphatic heterocycles. The molecule has 2 aliphatic rings. The van der Waals surface area contributed by atoms with Crippen molar-refractivity contribution in [2.75, 3.05) is 0 Å². The number of hydrogen-bond donors (Lipinski definition) is 0. The summed E-state index contributed by atoms with van der Waals surface area (Å²) < 4.78 is 0. The minimum absolute atomic E-state index is 0.285. The first-order valence-corrected chi connectivity index (χ1v) is 11.3. The van der Waals surface area contributed by atoms with Gasteiger partial charge in [0.25, 0.3) is 0 Å². The quantitative estimate of drug-likeness (QED) is 0.581. The number of hydrogen-bond acceptors (Lipinski definition) is 0. The molecule has 0 spiro atoms. The SMILES string of the molecule is CC1=C(C)C([SiH](c2ccc(C)cc2C)C2(C)C=CC=CC2)C(C)=C1C. The van der Waals surface area contributed by atoms with E-state index in [9.17, 15) is 0 Å². The van der Waals surface area contributed by atoms with Crippen molar-refractivity contribution < 1.29 is 0 Å². The summed E-state index contributed by atoms with van der Waals surface area (Å²) in [6, 6.07) is 7.15. The molecule has 0 aromatic heterocycles. The Bertz CT molecular complexity index is 794. The summed E-state index contributed by atoms with van der Waals surface area (Å²) in [7, 11) is -1.35. The first-order chi connectivity index (χ1) is 11.8. The topological polar surface area (TPSA) is 0 Å². The average molecular weight is 349 g/mol. The summed E-state index contributed by atoms with van der Waals surface area (Å²) >= 11 is 0. The second kappa shape index (κ2) is 6.61. The summed E-state index contributed by atoms with van der Waals surface area (Å²) in [5.74, 6) is 0. The van der Waals surface area contributed by atoms with Gasteiger partial charge in [-0.3, -0.25) is 0 Å². The Morgan fingerprint density at radius 3 is 2.08 bits per heavy atom. The molecule has 2 aliphatic carbocycles. The molecule has 0 fully saturated rings. The van der Waals surface area contributed by atoms with Gasteiger partial charge in [-0.1, -0.05) is 76.9 Å². The van der Waals surface area contributed by atoms with Crippen molar-refractivity contribution in [1.29, 1.82) is 0 Å². The van der Waals surface area contributed by atoms with Crippen LogP contribution in [0.25, 0.3) is 0 Å². The van der Waals surface area contributed by atoms with Crippen molar-refractivity contribution >= 4 is 14.0 Å². The molecule has 1 heteroatoms. The first kappa shape index (κ1) is 18.2. The lowest BCUT2D eigenvalue weighted by molar-refractivity contribution is 0.730. The maximum absolute atomic E-state index is 2.51. The van der Waals surface area contributed by atoms with E-state index in [4.69, 9.17) is 0 Å². The summed E-state index contributed by atoms with van der Waals surface area (Å²) in [5, 5.41) is 1.94. The van der Waals surface area contributed by atoms with Gasteiger partial charge in [0.2, 0.25) is 0 Å². The van der Waals surface area contributed by atoms with Gasteiger partial charge in [-0.15, -0.1) is 0 Å². The van der Waals surface area contributed by atoms with E-state index in [0.717, 1.165) is 0 Å². The van der Waals surface area contributed by atoms with E-state index < -0.39 is 8.80 Å². The lowest BCUT2D eigenvalue weighted by Crippen LogP contribution is -2.46. The molecular formula is C24H32Si. The standard InChI is InChI=1S/C24H32Si/c1-16-11-12-22(17(2)15-16)25(24(7)13-9-8-10-14-24)23-20(5)18(3)19(4)21(23)6/h8-13,15,23,25H,14H2,1-7H3. The number of aryl methyl sites for hydroxylation is 2. The summed E-state index contributed by atoms with van der Waals surface area (Å²) in [4.78, 5) is 0. The molecule has 0 amide bonds. The Labute approximate surface area is 155 Å². The lowest BCUT2D eigenvalue weighted by Gasteiger charge is -2.41. The summed E-state index contributed by atoms with van der Waals surface area (Å²) in [6.07, 6.45) is 10.5. The van der Waals surface area contributed by atoms with Crippen LogP contribution in [0.1, 0.15) is 52.2 Å². The van der Waals surface area contributed by atoms with Gasteiger partial charge in [0.1, 0.15) is 0 Å². The first-order valence-electron chi connectivity index (χ1n) is 9.53. The van der Waals surface area contributed by atoms with Gasteiger partial charge in [0.05, 0.1) is 8.80 Å². The van der Waals surface area contributed by atoms with Gasteiger partial charge in [-0.2, -0.15) is 0 Å². The van der Waals surface area contributed by atoms with Crippen LogP contribution in [0, 0.1) is 13.8 Å². The van der Waals surface area contributed by atoms with Crippen LogP contribution in [0.3, 0.4) is 0 Å². The molecule has 0 N–H and O–H groups in total. The highest BCUT2D eigenvalue weighted by Crippen LogP contribution is 2.51. The predicted molar refractivity (Wildman–Crippen MR) is 114 cm³/mol. The molecule has 0 nitrogen and oxygen atoms in total. The summed E-state index contributed by atoms with van der Waals surface area (Å²) in [6.45, 7) is 16.4. The molecule has 0 saturated carbocycles. The van der Waals surface area contributed by atoms with Crippen molar-refractivity contribution in [2.24, 2.45) is 0 Å². The Kier molecular flexibility index (Phi) is 4.81. The molecule has 0 heterocycles. The van der Waals surface area contributed by atoms with Crippen molar-refractivity contribution in [2.45, 2.75) is 65.5 Å². The molecule has 3 rings (SSSR count). The number of allylic oxidation sites excluding steroid dienone is 8. The zero-order valence-corrected chi connectivity index (χ0v) is 18.1. The van der Waals surface area contributed by atoms with Crippen LogP contribution in [-0.2, 0) is 0 Å². The van der Waals surface area contributed by atoms with E-state index in [0.29, 0.717) is 5.54 Å². The third kappa shape index (κ3) is 3.04. The van der Waals surface area contributed by atoms with Crippen molar-refractivity contribution in [3.05, 3.63) is 75.9 Å². The molecule has 2 unspecified atom stereocenters. The fourth-order valence-corrected chi connectivity index (χ4v) is 9.86. The lowest BCUT2D eigenvalue weighted by atomic mass is 10.0. The van der Waals surface area contributed by atoms with Crippen molar-refractivity contribution in [1.82, 2.24) is 0 Å². The normalized spacial score (nSPS) is 25.2. The molecule has 0 radical (unpaired) electrons. The van der Waals surface area contributed by atoms with E-state index >= 15 is 0 Å². The van der Waals surface area contributed by atoms with Gasteiger partial charge in [0.15, 0.2) is 0 Å². The van der Waals surface area contributed by atoms with Gasteiger partial charge in [-0.25, -0.2) is 0 Å². The van der Waals surface area contributed by atoms with Crippen LogP contribution in [0.5, 0.6) is 0 Å². The zero-order valence-electron chi connectivity index (χ0n) is 16.9. The largest absolute Gasteiger partial charge is 0.0924 e. The minimum Gasteiger partial charge on any atom is -0.0840 e. The van der Waals surface area contributed by atoms with Gasteiger partial charge in [-0.05, 0) is 69.7 Å². The van der Waals surface area contributed by atoms with Gasteiger partial charge < -0.3 is 0 Å². The fourth-order valence-electron chi connectivity index (χ4n) is 4.95. The number of benzene rings is 1. The van der Waals surface area contributed by atoms with E-state index in [1.807, 2.05) is 0 Å². The molecule has 1 aromatic carbocycles. The van der Waals surface area contributed by atoms with Crippen LogP contribution in [0.4, 0.5) is 0 Å². The van der Waals surface area contributed by atoms with Gasteiger partial charge >= 0.3 is 0 Å². The van der Waals surface area contributed by atoms with Crippen LogP contribution in [-0.4, -0.2) is 8.80 Å². The highest BCUT2D eigenvalue weighted by molar-refractivity contribution is 6.79. The summed E-state index contributed by atoms with van der Waals surface area (Å²) in [5.41, 5.74) is 9.81. The Morgan fingerprint density at radius 1 is 0.920 bits per heavy atom. The third-order valence-electron chi connectivity index (χ3n) is 6.76. The Hall–Kier alpha value is -1.60. The van der Waals surface area contributed by atoms with Crippen LogP contribution in [0.15, 0.2) is 64.8 Å². The van der Waals surface area contributed by atoms with Crippen LogP contribution in [0.2, 0.25) is 10.6 Å².